The molecule has 0 spiro atoms. The number of anilines is 1. The summed E-state index contributed by atoms with van der Waals surface area (Å²) in [7, 11) is 0. The molecule has 1 unspecified atom stereocenters. The Hall–Kier alpha value is -1.81. The quantitative estimate of drug-likeness (QED) is 0.922. The molecule has 1 aromatic carbocycles. The molecule has 104 valence electrons. The van der Waals surface area contributed by atoms with Gasteiger partial charge in [0.05, 0.1) is 21.8 Å². The van der Waals surface area contributed by atoms with Crippen molar-refractivity contribution in [1.29, 1.82) is 0 Å². The molecule has 4 nitrogen and oxygen atoms in total. The summed E-state index contributed by atoms with van der Waals surface area (Å²) in [4.78, 5) is 12.4. The first-order valence-electron chi connectivity index (χ1n) is 6.45. The van der Waals surface area contributed by atoms with Crippen LogP contribution in [0.2, 0.25) is 5.02 Å². The number of carbonyl (C=O) groups is 1. The van der Waals surface area contributed by atoms with Gasteiger partial charge in [0.25, 0.3) is 0 Å². The second kappa shape index (κ2) is 4.35. The van der Waals surface area contributed by atoms with Gasteiger partial charge in [-0.15, -0.1) is 0 Å². The summed E-state index contributed by atoms with van der Waals surface area (Å²) < 4.78 is 5.19. The molecule has 1 amide bonds. The number of carbonyl (C=O) groups excluding carboxylic acids is 1. The number of rotatable bonds is 2. The van der Waals surface area contributed by atoms with Gasteiger partial charge in [0, 0.05) is 5.56 Å². The molecule has 5 heteroatoms. The highest BCUT2D eigenvalue weighted by molar-refractivity contribution is 6.34. The Bertz CT molecular complexity index is 688. The van der Waals surface area contributed by atoms with E-state index in [0.29, 0.717) is 17.1 Å². The summed E-state index contributed by atoms with van der Waals surface area (Å²) in [5.74, 6) is 0.715. The van der Waals surface area contributed by atoms with Gasteiger partial charge in [-0.3, -0.25) is 4.79 Å². The van der Waals surface area contributed by atoms with Crippen LogP contribution < -0.4 is 5.32 Å². The van der Waals surface area contributed by atoms with E-state index in [4.69, 9.17) is 16.1 Å². The van der Waals surface area contributed by atoms with E-state index in [1.54, 1.807) is 6.07 Å². The van der Waals surface area contributed by atoms with E-state index in [0.717, 1.165) is 22.6 Å². The highest BCUT2D eigenvalue weighted by Crippen LogP contribution is 2.43. The maximum Gasteiger partial charge on any atom is 0.235 e. The number of hydrogen-bond acceptors (Lipinski definition) is 3. The summed E-state index contributed by atoms with van der Waals surface area (Å²) in [6.07, 6.45) is 0.549. The first-order valence-corrected chi connectivity index (χ1v) is 6.83. The van der Waals surface area contributed by atoms with E-state index in [1.807, 2.05) is 32.9 Å². The van der Waals surface area contributed by atoms with Crippen molar-refractivity contribution in [3.8, 4) is 0 Å². The van der Waals surface area contributed by atoms with E-state index >= 15 is 0 Å². The van der Waals surface area contributed by atoms with Gasteiger partial charge in [0.1, 0.15) is 5.76 Å². The molecule has 1 N–H and O–H groups in total. The number of para-hydroxylation sites is 1. The standard InChI is InChI=1S/C15H15ClN2O2/c1-8-10(9(2)20-18-8)7-15(3)11-5-4-6-12(16)13(11)17-14(15)19/h4-6H,7H2,1-3H3,(H,17,19). The Morgan fingerprint density at radius 3 is 2.80 bits per heavy atom. The number of amides is 1. The molecular formula is C15H15ClN2O2. The first-order chi connectivity index (χ1) is 9.43. The Kier molecular flexibility index (Phi) is 2.87. The fourth-order valence-corrected chi connectivity index (χ4v) is 2.99. The zero-order valence-electron chi connectivity index (χ0n) is 11.6. The molecule has 20 heavy (non-hydrogen) atoms. The molecule has 1 atom stereocenters. The van der Waals surface area contributed by atoms with Crippen molar-refractivity contribution in [2.24, 2.45) is 0 Å². The lowest BCUT2D eigenvalue weighted by Gasteiger charge is -2.22. The van der Waals surface area contributed by atoms with Crippen molar-refractivity contribution in [3.05, 3.63) is 45.8 Å². The Labute approximate surface area is 122 Å². The monoisotopic (exact) mass is 290 g/mol. The van der Waals surface area contributed by atoms with Gasteiger partial charge in [-0.2, -0.15) is 0 Å². The van der Waals surface area contributed by atoms with Gasteiger partial charge in [0.15, 0.2) is 0 Å². The van der Waals surface area contributed by atoms with E-state index < -0.39 is 5.41 Å². The SMILES string of the molecule is Cc1noc(C)c1CC1(C)C(=O)Nc2c(Cl)cccc21. The third-order valence-electron chi connectivity index (χ3n) is 4.06. The Morgan fingerprint density at radius 2 is 2.15 bits per heavy atom. The topological polar surface area (TPSA) is 55.1 Å². The minimum atomic E-state index is -0.651. The van der Waals surface area contributed by atoms with Gasteiger partial charge < -0.3 is 9.84 Å². The molecule has 1 aliphatic rings. The second-order valence-corrected chi connectivity index (χ2v) is 5.84. The summed E-state index contributed by atoms with van der Waals surface area (Å²) in [5.41, 5.74) is 2.80. The molecule has 0 fully saturated rings. The van der Waals surface area contributed by atoms with Crippen molar-refractivity contribution >= 4 is 23.2 Å². The normalized spacial score (nSPS) is 20.9. The van der Waals surface area contributed by atoms with Crippen LogP contribution in [0, 0.1) is 13.8 Å². The van der Waals surface area contributed by atoms with Crippen molar-refractivity contribution in [3.63, 3.8) is 0 Å². The van der Waals surface area contributed by atoms with Crippen LogP contribution in [0.4, 0.5) is 5.69 Å². The zero-order chi connectivity index (χ0) is 14.5. The Morgan fingerprint density at radius 1 is 1.40 bits per heavy atom. The van der Waals surface area contributed by atoms with Crippen LogP contribution in [0.1, 0.15) is 29.5 Å². The van der Waals surface area contributed by atoms with Crippen LogP contribution in [0.3, 0.4) is 0 Å². The fraction of sp³-hybridized carbons (Fsp3) is 0.333. The third kappa shape index (κ3) is 1.75. The minimum Gasteiger partial charge on any atom is -0.361 e. The summed E-state index contributed by atoms with van der Waals surface area (Å²) in [6.45, 7) is 5.68. The van der Waals surface area contributed by atoms with Crippen LogP contribution in [-0.4, -0.2) is 11.1 Å². The number of benzene rings is 1. The van der Waals surface area contributed by atoms with E-state index in [9.17, 15) is 4.79 Å². The molecule has 3 rings (SSSR count). The molecule has 0 aliphatic carbocycles. The third-order valence-corrected chi connectivity index (χ3v) is 4.37. The molecule has 0 radical (unpaired) electrons. The molecule has 0 bridgehead atoms. The van der Waals surface area contributed by atoms with Crippen LogP contribution in [0.25, 0.3) is 0 Å². The Balaban J connectivity index is 2.10. The van der Waals surface area contributed by atoms with Gasteiger partial charge in [0.2, 0.25) is 5.91 Å². The average Bonchev–Trinajstić information content (AvgIpc) is 2.85. The van der Waals surface area contributed by atoms with E-state index in [2.05, 4.69) is 10.5 Å². The van der Waals surface area contributed by atoms with Gasteiger partial charge >= 0.3 is 0 Å². The van der Waals surface area contributed by atoms with Crippen LogP contribution in [0.15, 0.2) is 22.7 Å². The van der Waals surface area contributed by atoms with E-state index in [1.165, 1.54) is 0 Å². The molecule has 2 aromatic rings. The fourth-order valence-electron chi connectivity index (χ4n) is 2.77. The molecule has 0 saturated carbocycles. The van der Waals surface area contributed by atoms with Gasteiger partial charge in [-0.25, -0.2) is 0 Å². The predicted molar refractivity (Wildman–Crippen MR) is 77.1 cm³/mol. The number of aryl methyl sites for hydroxylation is 2. The lowest BCUT2D eigenvalue weighted by atomic mass is 9.78. The lowest BCUT2D eigenvalue weighted by Crippen LogP contribution is -2.33. The van der Waals surface area contributed by atoms with Crippen LogP contribution in [0.5, 0.6) is 0 Å². The summed E-state index contributed by atoms with van der Waals surface area (Å²) >= 11 is 6.16. The highest BCUT2D eigenvalue weighted by atomic mass is 35.5. The maximum atomic E-state index is 12.4. The molecule has 2 heterocycles. The van der Waals surface area contributed by atoms with Crippen molar-refractivity contribution in [2.45, 2.75) is 32.6 Å². The number of halogens is 1. The lowest BCUT2D eigenvalue weighted by molar-refractivity contribution is -0.120. The second-order valence-electron chi connectivity index (χ2n) is 5.43. The molecular weight excluding hydrogens is 276 g/mol. The molecule has 1 aliphatic heterocycles. The minimum absolute atomic E-state index is 0.0411. The number of nitrogens with zero attached hydrogens (tertiary/aromatic N) is 1. The number of nitrogens with one attached hydrogen (secondary N) is 1. The maximum absolute atomic E-state index is 12.4. The average molecular weight is 291 g/mol. The zero-order valence-corrected chi connectivity index (χ0v) is 12.3. The molecule has 1 aromatic heterocycles. The number of fused-ring (bicyclic) bond motifs is 1. The van der Waals surface area contributed by atoms with Crippen molar-refractivity contribution in [2.75, 3.05) is 5.32 Å². The summed E-state index contributed by atoms with van der Waals surface area (Å²) in [6, 6.07) is 5.59. The molecule has 0 saturated heterocycles. The van der Waals surface area contributed by atoms with Crippen LogP contribution in [-0.2, 0) is 16.6 Å². The number of aromatic nitrogens is 1. The van der Waals surface area contributed by atoms with E-state index in [-0.39, 0.29) is 5.91 Å². The smallest absolute Gasteiger partial charge is 0.235 e. The van der Waals surface area contributed by atoms with Crippen molar-refractivity contribution < 1.29 is 9.32 Å². The highest BCUT2D eigenvalue weighted by Gasteiger charge is 2.44. The van der Waals surface area contributed by atoms with Crippen molar-refractivity contribution in [1.82, 2.24) is 5.16 Å². The largest absolute Gasteiger partial charge is 0.361 e. The number of hydrogen-bond donors (Lipinski definition) is 1. The van der Waals surface area contributed by atoms with Crippen LogP contribution >= 0.6 is 11.6 Å². The predicted octanol–water partition coefficient (Wildman–Crippen LogP) is 3.40. The van der Waals surface area contributed by atoms with Gasteiger partial charge in [-0.05, 0) is 38.8 Å². The van der Waals surface area contributed by atoms with Gasteiger partial charge in [-0.1, -0.05) is 28.9 Å². The summed E-state index contributed by atoms with van der Waals surface area (Å²) in [5, 5.41) is 7.41. The first kappa shape index (κ1) is 13.2.